The van der Waals surface area contributed by atoms with Crippen LogP contribution in [0.5, 0.6) is 0 Å². The van der Waals surface area contributed by atoms with Gasteiger partial charge in [0.05, 0.1) is 0 Å². The zero-order chi connectivity index (χ0) is 19.4. The van der Waals surface area contributed by atoms with Gasteiger partial charge in [0.15, 0.2) is 5.96 Å². The molecule has 1 aromatic rings. The maximum atomic E-state index is 11.7. The zero-order valence-electron chi connectivity index (χ0n) is 17.4. The summed E-state index contributed by atoms with van der Waals surface area (Å²) < 4.78 is 7.35. The second-order valence-corrected chi connectivity index (χ2v) is 7.45. The van der Waals surface area contributed by atoms with Crippen LogP contribution in [0.2, 0.25) is 0 Å². The molecular weight excluding hydrogens is 467 g/mol. The van der Waals surface area contributed by atoms with Crippen LogP contribution in [0.3, 0.4) is 0 Å². The van der Waals surface area contributed by atoms with Crippen LogP contribution in [0.4, 0.5) is 0 Å². The highest BCUT2D eigenvalue weighted by molar-refractivity contribution is 14.0. The first-order chi connectivity index (χ1) is 13.2. The van der Waals surface area contributed by atoms with E-state index in [-0.39, 0.29) is 29.5 Å². The summed E-state index contributed by atoms with van der Waals surface area (Å²) in [5, 5.41) is 6.92. The van der Waals surface area contributed by atoms with Gasteiger partial charge in [-0.2, -0.15) is 0 Å². The average Bonchev–Trinajstić information content (AvgIpc) is 3.14. The molecule has 1 heterocycles. The highest BCUT2D eigenvalue weighted by atomic mass is 127. The maximum absolute atomic E-state index is 11.7. The van der Waals surface area contributed by atoms with Gasteiger partial charge in [0.25, 0.3) is 0 Å². The van der Waals surface area contributed by atoms with Gasteiger partial charge in [0.1, 0.15) is 0 Å². The number of nitrogens with zero attached hydrogens (tertiary/aromatic N) is 2. The Balaban J connectivity index is 0.00000392. The second-order valence-electron chi connectivity index (χ2n) is 7.45. The summed E-state index contributed by atoms with van der Waals surface area (Å²) in [6.45, 7) is 6.27. The topological polar surface area (TPSA) is 67.7 Å². The molecule has 0 amide bonds. The van der Waals surface area contributed by atoms with Crippen molar-refractivity contribution in [2.45, 2.75) is 58.4 Å². The number of pyridine rings is 1. The molecule has 0 spiro atoms. The Hall–Kier alpha value is -1.09. The highest BCUT2D eigenvalue weighted by Gasteiger charge is 2.33. The van der Waals surface area contributed by atoms with E-state index < -0.39 is 0 Å². The third kappa shape index (κ3) is 8.51. The van der Waals surface area contributed by atoms with Gasteiger partial charge in [-0.05, 0) is 50.5 Å². The Morgan fingerprint density at radius 1 is 1.25 bits per heavy atom. The number of hydrogen-bond acceptors (Lipinski definition) is 3. The van der Waals surface area contributed by atoms with E-state index in [9.17, 15) is 4.79 Å². The number of aromatic nitrogens is 1. The first-order valence-electron chi connectivity index (χ1n) is 10.4. The lowest BCUT2D eigenvalue weighted by Crippen LogP contribution is -2.43. The highest BCUT2D eigenvalue weighted by Crippen LogP contribution is 2.40. The van der Waals surface area contributed by atoms with Crippen molar-refractivity contribution < 1.29 is 4.74 Å². The summed E-state index contributed by atoms with van der Waals surface area (Å²) in [6, 6.07) is 5.28. The molecule has 2 rings (SSSR count). The van der Waals surface area contributed by atoms with Crippen molar-refractivity contribution in [1.82, 2.24) is 15.2 Å². The number of ether oxygens (including phenoxy) is 1. The minimum absolute atomic E-state index is 0. The lowest BCUT2D eigenvalue weighted by molar-refractivity contribution is 0.105. The number of hydrogen-bond donors (Lipinski definition) is 2. The largest absolute Gasteiger partial charge is 0.382 e. The lowest BCUT2D eigenvalue weighted by atomic mass is 9.83. The SMILES string of the molecule is CCOCCC1(CNC(=NC)NCCCCn2ccccc2=O)CCCC1.I. The van der Waals surface area contributed by atoms with E-state index in [1.165, 1.54) is 25.7 Å². The van der Waals surface area contributed by atoms with Crippen molar-refractivity contribution >= 4 is 29.9 Å². The molecule has 1 saturated carbocycles. The zero-order valence-corrected chi connectivity index (χ0v) is 19.7. The molecule has 0 atom stereocenters. The Labute approximate surface area is 186 Å². The number of unbranched alkanes of at least 4 members (excludes halogenated alkanes) is 1. The van der Waals surface area contributed by atoms with E-state index in [1.807, 2.05) is 19.3 Å². The van der Waals surface area contributed by atoms with E-state index >= 15 is 0 Å². The van der Waals surface area contributed by atoms with Crippen LogP contribution >= 0.6 is 24.0 Å². The third-order valence-corrected chi connectivity index (χ3v) is 5.52. The summed E-state index contributed by atoms with van der Waals surface area (Å²) in [6.07, 6.45) is 10.1. The van der Waals surface area contributed by atoms with Gasteiger partial charge in [-0.15, -0.1) is 24.0 Å². The Kier molecular flexibility index (Phi) is 12.5. The van der Waals surface area contributed by atoms with Crippen LogP contribution in [-0.4, -0.2) is 43.9 Å². The molecule has 2 N–H and O–H groups in total. The van der Waals surface area contributed by atoms with Crippen LogP contribution in [0.15, 0.2) is 34.2 Å². The van der Waals surface area contributed by atoms with Crippen molar-refractivity contribution in [3.05, 3.63) is 34.7 Å². The van der Waals surface area contributed by atoms with Crippen molar-refractivity contribution in [2.75, 3.05) is 33.4 Å². The Morgan fingerprint density at radius 2 is 2.04 bits per heavy atom. The van der Waals surface area contributed by atoms with Gasteiger partial charge in [0, 0.05) is 52.2 Å². The first kappa shape index (κ1) is 24.9. The summed E-state index contributed by atoms with van der Waals surface area (Å²) in [4.78, 5) is 16.0. The van der Waals surface area contributed by atoms with E-state index in [0.29, 0.717) is 5.41 Å². The number of guanidine groups is 1. The van der Waals surface area contributed by atoms with E-state index in [4.69, 9.17) is 4.74 Å². The van der Waals surface area contributed by atoms with Gasteiger partial charge in [-0.1, -0.05) is 18.9 Å². The third-order valence-electron chi connectivity index (χ3n) is 5.52. The molecule has 1 aliphatic rings. The number of rotatable bonds is 11. The first-order valence-corrected chi connectivity index (χ1v) is 10.4. The fraction of sp³-hybridized carbons (Fsp3) is 0.714. The summed E-state index contributed by atoms with van der Waals surface area (Å²) in [7, 11) is 1.82. The second kappa shape index (κ2) is 14.0. The van der Waals surface area contributed by atoms with Crippen LogP contribution in [0.1, 0.15) is 51.9 Å². The standard InChI is InChI=1S/C21H36N4O2.HI/c1-3-27-17-13-21(11-5-6-12-21)18-24-20(22-2)23-14-7-9-16-25-15-8-4-10-19(25)26;/h4,8,10,15H,3,5-7,9,11-14,16-18H2,1-2H3,(H2,22,23,24);1H. The molecule has 0 saturated heterocycles. The minimum atomic E-state index is 0. The molecule has 28 heavy (non-hydrogen) atoms. The van der Waals surface area contributed by atoms with Gasteiger partial charge in [-0.25, -0.2) is 0 Å². The molecule has 6 nitrogen and oxygen atoms in total. The minimum Gasteiger partial charge on any atom is -0.382 e. The lowest BCUT2D eigenvalue weighted by Gasteiger charge is -2.30. The molecule has 0 radical (unpaired) electrons. The number of aliphatic imine (C=N–C) groups is 1. The summed E-state index contributed by atoms with van der Waals surface area (Å²) >= 11 is 0. The van der Waals surface area contributed by atoms with Gasteiger partial charge >= 0.3 is 0 Å². The van der Waals surface area contributed by atoms with Gasteiger partial charge in [-0.3, -0.25) is 9.79 Å². The number of aryl methyl sites for hydroxylation is 1. The molecular formula is C21H37IN4O2. The van der Waals surface area contributed by atoms with Crippen LogP contribution in [0.25, 0.3) is 0 Å². The summed E-state index contributed by atoms with van der Waals surface area (Å²) in [5.41, 5.74) is 0.415. The van der Waals surface area contributed by atoms with Crippen molar-refractivity contribution in [1.29, 1.82) is 0 Å². The molecule has 1 fully saturated rings. The van der Waals surface area contributed by atoms with Crippen molar-refractivity contribution in [3.63, 3.8) is 0 Å². The predicted octanol–water partition coefficient (Wildman–Crippen LogP) is 3.40. The van der Waals surface area contributed by atoms with Crippen LogP contribution in [0, 0.1) is 5.41 Å². The smallest absolute Gasteiger partial charge is 0.250 e. The quantitative estimate of drug-likeness (QED) is 0.210. The molecule has 0 aromatic carbocycles. The molecule has 0 bridgehead atoms. The summed E-state index contributed by atoms with van der Waals surface area (Å²) in [5.74, 6) is 0.870. The van der Waals surface area contributed by atoms with E-state index in [1.54, 1.807) is 16.7 Å². The van der Waals surface area contributed by atoms with Crippen molar-refractivity contribution in [2.24, 2.45) is 10.4 Å². The van der Waals surface area contributed by atoms with Crippen LogP contribution < -0.4 is 16.2 Å². The fourth-order valence-electron chi connectivity index (χ4n) is 3.82. The predicted molar refractivity (Wildman–Crippen MR) is 127 cm³/mol. The Bertz CT molecular complexity index is 627. The average molecular weight is 504 g/mol. The maximum Gasteiger partial charge on any atom is 0.250 e. The van der Waals surface area contributed by atoms with E-state index in [0.717, 1.165) is 58.1 Å². The van der Waals surface area contributed by atoms with Crippen LogP contribution in [-0.2, 0) is 11.3 Å². The number of nitrogens with one attached hydrogen (secondary N) is 2. The molecule has 0 aliphatic heterocycles. The molecule has 0 unspecified atom stereocenters. The molecule has 1 aromatic heterocycles. The number of halogens is 1. The normalized spacial score (nSPS) is 15.9. The monoisotopic (exact) mass is 504 g/mol. The fourth-order valence-corrected chi connectivity index (χ4v) is 3.82. The molecule has 7 heteroatoms. The van der Waals surface area contributed by atoms with E-state index in [2.05, 4.69) is 22.5 Å². The Morgan fingerprint density at radius 3 is 2.71 bits per heavy atom. The van der Waals surface area contributed by atoms with Crippen molar-refractivity contribution in [3.8, 4) is 0 Å². The van der Waals surface area contributed by atoms with Gasteiger partial charge in [0.2, 0.25) is 5.56 Å². The van der Waals surface area contributed by atoms with Gasteiger partial charge < -0.3 is 19.9 Å². The molecule has 1 aliphatic carbocycles. The molecule has 160 valence electrons.